The van der Waals surface area contributed by atoms with Crippen LogP contribution < -0.4 is 0 Å². The predicted octanol–water partition coefficient (Wildman–Crippen LogP) is 4.80. The van der Waals surface area contributed by atoms with Crippen LogP contribution in [0.4, 0.5) is 0 Å². The number of rotatable bonds is 0. The van der Waals surface area contributed by atoms with E-state index >= 15 is 0 Å². The van der Waals surface area contributed by atoms with E-state index in [9.17, 15) is 0 Å². The van der Waals surface area contributed by atoms with E-state index < -0.39 is 0 Å². The van der Waals surface area contributed by atoms with E-state index in [0.717, 1.165) is 6.42 Å². The summed E-state index contributed by atoms with van der Waals surface area (Å²) in [4.78, 5) is 0. The van der Waals surface area contributed by atoms with Crippen LogP contribution in [0.25, 0.3) is 11.1 Å². The van der Waals surface area contributed by atoms with E-state index in [1.807, 2.05) is 0 Å². The van der Waals surface area contributed by atoms with Crippen LogP contribution in [0.1, 0.15) is 38.9 Å². The monoisotopic (exact) mass is 236 g/mol. The molecule has 0 saturated heterocycles. The Morgan fingerprint density at radius 1 is 0.722 bits per heavy atom. The van der Waals surface area contributed by atoms with Crippen molar-refractivity contribution in [3.05, 3.63) is 57.1 Å². The van der Waals surface area contributed by atoms with E-state index in [4.69, 9.17) is 0 Å². The van der Waals surface area contributed by atoms with Crippen LogP contribution >= 0.6 is 0 Å². The minimum atomic E-state index is 1.12. The number of hydrogen-bond donors (Lipinski definition) is 0. The number of fused-ring (bicyclic) bond motifs is 3. The quantitative estimate of drug-likeness (QED) is 0.526. The van der Waals surface area contributed by atoms with Crippen molar-refractivity contribution >= 4 is 0 Å². The summed E-state index contributed by atoms with van der Waals surface area (Å²) in [6.07, 6.45) is 1.12. The molecule has 0 nitrogen and oxygen atoms in total. The van der Waals surface area contributed by atoms with Crippen LogP contribution in [0.15, 0.2) is 18.2 Å². The van der Waals surface area contributed by atoms with Gasteiger partial charge in [0, 0.05) is 0 Å². The van der Waals surface area contributed by atoms with Crippen molar-refractivity contribution < 1.29 is 0 Å². The highest BCUT2D eigenvalue weighted by molar-refractivity contribution is 5.82. The number of hydrogen-bond acceptors (Lipinski definition) is 0. The molecule has 0 heteroatoms. The molecule has 2 aromatic rings. The van der Waals surface area contributed by atoms with E-state index in [-0.39, 0.29) is 0 Å². The lowest BCUT2D eigenvalue weighted by molar-refractivity contribution is 1.16. The van der Waals surface area contributed by atoms with Crippen molar-refractivity contribution in [1.82, 2.24) is 0 Å². The van der Waals surface area contributed by atoms with Gasteiger partial charge in [0.1, 0.15) is 0 Å². The summed E-state index contributed by atoms with van der Waals surface area (Å²) >= 11 is 0. The van der Waals surface area contributed by atoms with Gasteiger partial charge >= 0.3 is 0 Å². The number of aryl methyl sites for hydroxylation is 4. The second kappa shape index (κ2) is 3.71. The Bertz CT molecular complexity index is 660. The summed E-state index contributed by atoms with van der Waals surface area (Å²) in [7, 11) is 0. The third-order valence-electron chi connectivity index (χ3n) is 4.41. The van der Waals surface area contributed by atoms with Gasteiger partial charge in [-0.3, -0.25) is 0 Å². The molecule has 92 valence electrons. The molecule has 0 N–H and O–H groups in total. The van der Waals surface area contributed by atoms with Crippen LogP contribution in [-0.4, -0.2) is 0 Å². The highest BCUT2D eigenvalue weighted by atomic mass is 14.3. The van der Waals surface area contributed by atoms with Gasteiger partial charge in [0.25, 0.3) is 0 Å². The molecule has 0 spiro atoms. The maximum atomic E-state index is 2.36. The first-order valence-corrected chi connectivity index (χ1v) is 6.69. The molecule has 2 aromatic carbocycles. The SMILES string of the molecule is Cc1cc(C)c2c(c1)-c1c(C)cc(C)c(C)c1C2. The Kier molecular flexibility index (Phi) is 2.38. The van der Waals surface area contributed by atoms with E-state index in [2.05, 4.69) is 52.8 Å². The van der Waals surface area contributed by atoms with Gasteiger partial charge in [-0.05, 0) is 85.5 Å². The van der Waals surface area contributed by atoms with E-state index in [1.54, 1.807) is 5.56 Å². The lowest BCUT2D eigenvalue weighted by Gasteiger charge is -2.12. The van der Waals surface area contributed by atoms with Gasteiger partial charge in [0.05, 0.1) is 0 Å². The lowest BCUT2D eigenvalue weighted by Crippen LogP contribution is -1.93. The zero-order chi connectivity index (χ0) is 13.0. The van der Waals surface area contributed by atoms with E-state index in [1.165, 1.54) is 44.5 Å². The summed E-state index contributed by atoms with van der Waals surface area (Å²) in [6.45, 7) is 11.2. The topological polar surface area (TPSA) is 0 Å². The predicted molar refractivity (Wildman–Crippen MR) is 78.4 cm³/mol. The van der Waals surface area contributed by atoms with Crippen LogP contribution in [0, 0.1) is 34.6 Å². The molecule has 0 aliphatic heterocycles. The molecule has 0 fully saturated rings. The molecule has 0 aromatic heterocycles. The van der Waals surface area contributed by atoms with Gasteiger partial charge in [0.15, 0.2) is 0 Å². The maximum absolute atomic E-state index is 2.36. The third kappa shape index (κ3) is 1.45. The first-order valence-electron chi connectivity index (χ1n) is 6.69. The fourth-order valence-electron chi connectivity index (χ4n) is 3.40. The maximum Gasteiger partial charge on any atom is -0.000799 e. The van der Waals surface area contributed by atoms with Crippen LogP contribution in [0.2, 0.25) is 0 Å². The van der Waals surface area contributed by atoms with Crippen LogP contribution in [-0.2, 0) is 6.42 Å². The molecular weight excluding hydrogens is 216 g/mol. The zero-order valence-electron chi connectivity index (χ0n) is 11.9. The van der Waals surface area contributed by atoms with Crippen molar-refractivity contribution in [3.63, 3.8) is 0 Å². The van der Waals surface area contributed by atoms with Gasteiger partial charge in [0.2, 0.25) is 0 Å². The minimum Gasteiger partial charge on any atom is -0.0561 e. The normalized spacial score (nSPS) is 12.5. The van der Waals surface area contributed by atoms with Gasteiger partial charge in [-0.15, -0.1) is 0 Å². The molecule has 3 rings (SSSR count). The summed E-state index contributed by atoms with van der Waals surface area (Å²) in [5.74, 6) is 0. The molecule has 0 bridgehead atoms. The highest BCUT2D eigenvalue weighted by Gasteiger charge is 2.24. The van der Waals surface area contributed by atoms with Crippen molar-refractivity contribution in [2.45, 2.75) is 41.0 Å². The Hall–Kier alpha value is -1.56. The summed E-state index contributed by atoms with van der Waals surface area (Å²) < 4.78 is 0. The Balaban J connectivity index is 2.38. The first kappa shape index (κ1) is 11.5. The second-order valence-electron chi connectivity index (χ2n) is 5.77. The summed E-state index contributed by atoms with van der Waals surface area (Å²) in [6, 6.07) is 7.00. The number of benzene rings is 2. The second-order valence-corrected chi connectivity index (χ2v) is 5.77. The van der Waals surface area contributed by atoms with Crippen LogP contribution in [0.3, 0.4) is 0 Å². The van der Waals surface area contributed by atoms with E-state index in [0.29, 0.717) is 0 Å². The highest BCUT2D eigenvalue weighted by Crippen LogP contribution is 2.43. The van der Waals surface area contributed by atoms with Gasteiger partial charge in [-0.1, -0.05) is 23.8 Å². The fraction of sp³-hybridized carbons (Fsp3) is 0.333. The Labute approximate surface area is 110 Å². The van der Waals surface area contributed by atoms with Gasteiger partial charge in [-0.2, -0.15) is 0 Å². The molecule has 0 unspecified atom stereocenters. The molecule has 0 heterocycles. The van der Waals surface area contributed by atoms with Crippen molar-refractivity contribution in [2.24, 2.45) is 0 Å². The average molecular weight is 236 g/mol. The third-order valence-corrected chi connectivity index (χ3v) is 4.41. The molecule has 1 aliphatic carbocycles. The minimum absolute atomic E-state index is 1.12. The standard InChI is InChI=1S/C18H20/c1-10-6-12(3)15-9-16-14(5)11(2)8-13(4)18(16)17(15)7-10/h6-8H,9H2,1-5H3. The Morgan fingerprint density at radius 2 is 1.44 bits per heavy atom. The smallest absolute Gasteiger partial charge is 0.000799 e. The van der Waals surface area contributed by atoms with Gasteiger partial charge in [-0.25, -0.2) is 0 Å². The molecule has 18 heavy (non-hydrogen) atoms. The van der Waals surface area contributed by atoms with Crippen molar-refractivity contribution in [2.75, 3.05) is 0 Å². The van der Waals surface area contributed by atoms with Crippen molar-refractivity contribution in [1.29, 1.82) is 0 Å². The molecule has 1 aliphatic rings. The summed E-state index contributed by atoms with van der Waals surface area (Å²) in [5, 5.41) is 0. The molecule has 0 saturated carbocycles. The first-order chi connectivity index (χ1) is 8.49. The largest absolute Gasteiger partial charge is 0.0561 e. The Morgan fingerprint density at radius 3 is 2.17 bits per heavy atom. The van der Waals surface area contributed by atoms with Gasteiger partial charge < -0.3 is 0 Å². The van der Waals surface area contributed by atoms with Crippen molar-refractivity contribution in [3.8, 4) is 11.1 Å². The molecule has 0 atom stereocenters. The molecule has 0 amide bonds. The molecule has 0 radical (unpaired) electrons. The lowest BCUT2D eigenvalue weighted by atomic mass is 9.93. The molecular formula is C18H20. The zero-order valence-corrected chi connectivity index (χ0v) is 11.9. The average Bonchev–Trinajstić information content (AvgIpc) is 2.66. The summed E-state index contributed by atoms with van der Waals surface area (Å²) in [5.41, 5.74) is 13.2. The van der Waals surface area contributed by atoms with Crippen LogP contribution in [0.5, 0.6) is 0 Å². The fourth-order valence-corrected chi connectivity index (χ4v) is 3.40.